The molecule has 0 saturated heterocycles. The van der Waals surface area contributed by atoms with Gasteiger partial charge in [-0.1, -0.05) is 45.4 Å². The molecule has 1 aliphatic carbocycles. The molecule has 1 aromatic carbocycles. The van der Waals surface area contributed by atoms with Crippen LogP contribution in [0.4, 0.5) is 9.18 Å². The largest absolute Gasteiger partial charge is 0.446 e. The van der Waals surface area contributed by atoms with Crippen molar-refractivity contribution in [3.8, 4) is 0 Å². The predicted octanol–water partition coefficient (Wildman–Crippen LogP) is 4.17. The van der Waals surface area contributed by atoms with Crippen molar-refractivity contribution in [2.75, 3.05) is 0 Å². The van der Waals surface area contributed by atoms with Gasteiger partial charge in [0, 0.05) is 11.8 Å². The van der Waals surface area contributed by atoms with E-state index in [1.807, 2.05) is 0 Å². The lowest BCUT2D eigenvalue weighted by Gasteiger charge is -2.37. The summed E-state index contributed by atoms with van der Waals surface area (Å²) in [6.07, 6.45) is 3.11. The Morgan fingerprint density at radius 1 is 1.23 bits per heavy atom. The van der Waals surface area contributed by atoms with Gasteiger partial charge < -0.3 is 15.0 Å². The van der Waals surface area contributed by atoms with Crippen LogP contribution in [0.25, 0.3) is 0 Å². The van der Waals surface area contributed by atoms with Crippen molar-refractivity contribution in [2.24, 2.45) is 23.5 Å². The number of hydrogen-bond donors (Lipinski definition) is 2. The Morgan fingerprint density at radius 2 is 1.94 bits per heavy atom. The van der Waals surface area contributed by atoms with Gasteiger partial charge in [-0.25, -0.2) is 9.18 Å². The molecule has 0 spiro atoms. The zero-order chi connectivity index (χ0) is 25.9. The van der Waals surface area contributed by atoms with Gasteiger partial charge in [0.25, 0.3) is 11.5 Å². The summed E-state index contributed by atoms with van der Waals surface area (Å²) in [5.41, 5.74) is 5.52. The van der Waals surface area contributed by atoms with Crippen LogP contribution >= 0.6 is 0 Å². The molecule has 1 saturated carbocycles. The number of rotatable bonds is 6. The number of benzene rings is 1. The minimum Gasteiger partial charge on any atom is -0.446 e. The van der Waals surface area contributed by atoms with Gasteiger partial charge in [-0.2, -0.15) is 0 Å². The molecule has 0 aliphatic heterocycles. The normalized spacial score (nSPS) is 21.9. The molecule has 7 nitrogen and oxygen atoms in total. The number of aryl methyl sites for hydroxylation is 2. The van der Waals surface area contributed by atoms with E-state index >= 15 is 0 Å². The molecule has 190 valence electrons. The SMILES string of the molecule is Cc1cc(C(N)(Cn2cccc(C)c2=O)C(=O)NC(=O)O[C@@H]2C[C@H](C)CC[C@H]2C(C)C)ccc1F. The first-order valence-corrected chi connectivity index (χ1v) is 12.2. The fraction of sp³-hybridized carbons (Fsp3) is 0.519. The Balaban J connectivity index is 1.88. The Labute approximate surface area is 205 Å². The van der Waals surface area contributed by atoms with E-state index in [9.17, 15) is 18.8 Å². The molecule has 8 heteroatoms. The van der Waals surface area contributed by atoms with E-state index in [1.165, 1.54) is 29.0 Å². The van der Waals surface area contributed by atoms with Crippen LogP contribution in [-0.4, -0.2) is 22.7 Å². The lowest BCUT2D eigenvalue weighted by atomic mass is 9.75. The summed E-state index contributed by atoms with van der Waals surface area (Å²) < 4.78 is 21.0. The quantitative estimate of drug-likeness (QED) is 0.639. The summed E-state index contributed by atoms with van der Waals surface area (Å²) in [5, 5.41) is 2.29. The molecule has 2 aromatic rings. The average molecular weight is 486 g/mol. The lowest BCUT2D eigenvalue weighted by molar-refractivity contribution is -0.127. The maximum absolute atomic E-state index is 14.0. The molecule has 4 atom stereocenters. The summed E-state index contributed by atoms with van der Waals surface area (Å²) in [5.74, 6) is -0.315. The van der Waals surface area contributed by atoms with Crippen LogP contribution in [0.3, 0.4) is 0 Å². The van der Waals surface area contributed by atoms with Crippen LogP contribution in [0.1, 0.15) is 56.7 Å². The number of nitrogens with one attached hydrogen (secondary N) is 1. The first kappa shape index (κ1) is 26.6. The maximum atomic E-state index is 14.0. The second-order valence-corrected chi connectivity index (χ2v) is 10.3. The number of alkyl carbamates (subject to hydrolysis) is 1. The van der Waals surface area contributed by atoms with E-state index in [0.29, 0.717) is 23.0 Å². The number of hydrogen-bond acceptors (Lipinski definition) is 5. The predicted molar refractivity (Wildman–Crippen MR) is 132 cm³/mol. The summed E-state index contributed by atoms with van der Waals surface area (Å²) in [6.45, 7) is 9.29. The van der Waals surface area contributed by atoms with Gasteiger partial charge >= 0.3 is 6.09 Å². The van der Waals surface area contributed by atoms with Crippen molar-refractivity contribution in [2.45, 2.75) is 72.1 Å². The van der Waals surface area contributed by atoms with Crippen molar-refractivity contribution in [1.82, 2.24) is 9.88 Å². The van der Waals surface area contributed by atoms with E-state index in [1.54, 1.807) is 26.0 Å². The van der Waals surface area contributed by atoms with Crippen molar-refractivity contribution >= 4 is 12.0 Å². The van der Waals surface area contributed by atoms with Crippen LogP contribution in [-0.2, 0) is 21.6 Å². The molecule has 3 rings (SSSR count). The van der Waals surface area contributed by atoms with E-state index in [-0.39, 0.29) is 29.7 Å². The first-order chi connectivity index (χ1) is 16.4. The molecule has 35 heavy (non-hydrogen) atoms. The minimum absolute atomic E-state index is 0.209. The molecule has 1 aromatic heterocycles. The molecular formula is C27H36FN3O4. The first-order valence-electron chi connectivity index (χ1n) is 12.2. The number of imide groups is 1. The number of amides is 2. The number of pyridine rings is 1. The molecular weight excluding hydrogens is 449 g/mol. The lowest BCUT2D eigenvalue weighted by Crippen LogP contribution is -2.56. The Morgan fingerprint density at radius 3 is 2.60 bits per heavy atom. The number of halogens is 1. The summed E-state index contributed by atoms with van der Waals surface area (Å²) >= 11 is 0. The highest BCUT2D eigenvalue weighted by molar-refractivity contribution is 5.98. The summed E-state index contributed by atoms with van der Waals surface area (Å²) in [4.78, 5) is 38.9. The van der Waals surface area contributed by atoms with Crippen molar-refractivity contribution in [1.29, 1.82) is 0 Å². The highest BCUT2D eigenvalue weighted by Crippen LogP contribution is 2.35. The topological polar surface area (TPSA) is 103 Å². The zero-order valence-corrected chi connectivity index (χ0v) is 21.1. The van der Waals surface area contributed by atoms with Gasteiger partial charge in [-0.15, -0.1) is 0 Å². The van der Waals surface area contributed by atoms with E-state index in [0.717, 1.165) is 19.3 Å². The molecule has 0 bridgehead atoms. The summed E-state index contributed by atoms with van der Waals surface area (Å²) in [6, 6.07) is 7.40. The molecule has 3 N–H and O–H groups in total. The van der Waals surface area contributed by atoms with Crippen molar-refractivity contribution in [3.63, 3.8) is 0 Å². The Kier molecular flexibility index (Phi) is 8.15. The monoisotopic (exact) mass is 485 g/mol. The molecule has 1 unspecified atom stereocenters. The van der Waals surface area contributed by atoms with Gasteiger partial charge in [-0.05, 0) is 67.7 Å². The zero-order valence-electron chi connectivity index (χ0n) is 21.1. The molecule has 1 heterocycles. The van der Waals surface area contributed by atoms with Crippen LogP contribution < -0.4 is 16.6 Å². The highest BCUT2D eigenvalue weighted by Gasteiger charge is 2.40. The van der Waals surface area contributed by atoms with Crippen molar-refractivity contribution in [3.05, 3.63) is 69.4 Å². The van der Waals surface area contributed by atoms with E-state index in [2.05, 4.69) is 26.1 Å². The van der Waals surface area contributed by atoms with Crippen LogP contribution in [0.15, 0.2) is 41.3 Å². The third kappa shape index (κ3) is 5.99. The molecule has 1 fully saturated rings. The highest BCUT2D eigenvalue weighted by atomic mass is 19.1. The maximum Gasteiger partial charge on any atom is 0.414 e. The number of nitrogens with two attached hydrogens (primary N) is 1. The van der Waals surface area contributed by atoms with Crippen LogP contribution in [0.5, 0.6) is 0 Å². The van der Waals surface area contributed by atoms with Gasteiger partial charge in [0.15, 0.2) is 0 Å². The third-order valence-electron chi connectivity index (χ3n) is 7.14. The Hall–Kier alpha value is -3.00. The molecule has 2 amide bonds. The fourth-order valence-electron chi connectivity index (χ4n) is 4.89. The third-order valence-corrected chi connectivity index (χ3v) is 7.14. The second-order valence-electron chi connectivity index (χ2n) is 10.3. The number of carbonyl (C=O) groups excluding carboxylic acids is 2. The van der Waals surface area contributed by atoms with Crippen molar-refractivity contribution < 1.29 is 18.7 Å². The molecule has 1 aliphatic rings. The number of ether oxygens (including phenoxy) is 1. The van der Waals surface area contributed by atoms with Crippen LogP contribution in [0.2, 0.25) is 0 Å². The number of aromatic nitrogens is 1. The minimum atomic E-state index is -1.83. The average Bonchev–Trinajstić information content (AvgIpc) is 2.78. The van der Waals surface area contributed by atoms with Gasteiger partial charge in [0.05, 0.1) is 6.54 Å². The van der Waals surface area contributed by atoms with Gasteiger partial charge in [-0.3, -0.25) is 14.9 Å². The Bertz CT molecular complexity index is 1150. The van der Waals surface area contributed by atoms with E-state index < -0.39 is 23.4 Å². The smallest absolute Gasteiger partial charge is 0.414 e. The van der Waals surface area contributed by atoms with E-state index in [4.69, 9.17) is 10.5 Å². The fourth-order valence-corrected chi connectivity index (χ4v) is 4.89. The molecule has 0 radical (unpaired) electrons. The van der Waals surface area contributed by atoms with Gasteiger partial charge in [0.2, 0.25) is 0 Å². The van der Waals surface area contributed by atoms with Gasteiger partial charge in [0.1, 0.15) is 17.5 Å². The second kappa shape index (κ2) is 10.7. The number of carbonyl (C=O) groups is 2. The number of nitrogens with zero attached hydrogens (tertiary/aromatic N) is 1. The standard InChI is InChI=1S/C27H36FN3O4/c1-16(2)21-10-8-17(3)13-23(21)35-26(34)30-25(33)27(29,20-9-11-22(28)19(5)14-20)15-31-12-6-7-18(4)24(31)32/h6-7,9,11-12,14,16-17,21,23H,8,10,13,15,29H2,1-5H3,(H,30,33,34)/t17-,21+,23-,27?/m1/s1. The van der Waals surface area contributed by atoms with Crippen LogP contribution in [0, 0.1) is 37.4 Å². The summed E-state index contributed by atoms with van der Waals surface area (Å²) in [7, 11) is 0.